The number of benzene rings is 3. The molecule has 31 heavy (non-hydrogen) atoms. The van der Waals surface area contributed by atoms with Gasteiger partial charge in [0.2, 0.25) is 0 Å². The van der Waals surface area contributed by atoms with Crippen LogP contribution in [0.3, 0.4) is 0 Å². The maximum Gasteiger partial charge on any atom is 0.343 e. The second-order valence-electron chi connectivity index (χ2n) is 6.10. The van der Waals surface area contributed by atoms with Crippen molar-refractivity contribution in [2.24, 2.45) is 5.10 Å². The highest BCUT2D eigenvalue weighted by molar-refractivity contribution is 6.39. The van der Waals surface area contributed by atoms with Crippen LogP contribution in [0, 0.1) is 5.82 Å². The van der Waals surface area contributed by atoms with Crippen molar-refractivity contribution in [1.29, 1.82) is 0 Å². The van der Waals surface area contributed by atoms with Crippen molar-refractivity contribution in [1.82, 2.24) is 5.43 Å². The predicted molar refractivity (Wildman–Crippen MR) is 114 cm³/mol. The zero-order valence-corrected chi connectivity index (χ0v) is 16.6. The number of hydrogen-bond donors (Lipinski definition) is 2. The zero-order chi connectivity index (χ0) is 22.2. The van der Waals surface area contributed by atoms with Gasteiger partial charge in [-0.3, -0.25) is 9.59 Å². The van der Waals surface area contributed by atoms with E-state index in [9.17, 15) is 18.8 Å². The summed E-state index contributed by atoms with van der Waals surface area (Å²) < 4.78 is 18.8. The molecule has 0 radical (unpaired) electrons. The van der Waals surface area contributed by atoms with E-state index >= 15 is 0 Å². The number of hydrazone groups is 1. The smallest absolute Gasteiger partial charge is 0.343 e. The lowest BCUT2D eigenvalue weighted by atomic mass is 10.2. The van der Waals surface area contributed by atoms with Gasteiger partial charge in [-0.25, -0.2) is 14.6 Å². The topological polar surface area (TPSA) is 96.9 Å². The second-order valence-corrected chi connectivity index (χ2v) is 6.54. The fraction of sp³-hybridized carbons (Fsp3) is 0. The van der Waals surface area contributed by atoms with Crippen LogP contribution in [0.4, 0.5) is 10.1 Å². The summed E-state index contributed by atoms with van der Waals surface area (Å²) in [6.45, 7) is 0. The summed E-state index contributed by atoms with van der Waals surface area (Å²) in [5.41, 5.74) is 2.81. The molecule has 7 nitrogen and oxygen atoms in total. The first-order valence-electron chi connectivity index (χ1n) is 8.89. The molecule has 3 rings (SSSR count). The molecule has 0 saturated heterocycles. The standard InChI is InChI=1S/C22H15ClFN3O4/c23-16-5-3-4-15(12-16)22(30)31-17-10-8-14(9-11-17)13-25-27-21(29)20(28)26-19-7-2-1-6-18(19)24/h1-13H,(H,26,28)(H,27,29)/b25-13+. The van der Waals surface area contributed by atoms with Gasteiger partial charge < -0.3 is 10.1 Å². The normalized spacial score (nSPS) is 10.5. The lowest BCUT2D eigenvalue weighted by molar-refractivity contribution is -0.136. The summed E-state index contributed by atoms with van der Waals surface area (Å²) >= 11 is 5.86. The van der Waals surface area contributed by atoms with Crippen LogP contribution in [0.25, 0.3) is 0 Å². The summed E-state index contributed by atoms with van der Waals surface area (Å²) in [5, 5.41) is 6.24. The maximum absolute atomic E-state index is 13.5. The molecule has 0 fully saturated rings. The first kappa shape index (κ1) is 21.7. The molecule has 3 aromatic rings. The summed E-state index contributed by atoms with van der Waals surface area (Å²) in [6.07, 6.45) is 1.29. The predicted octanol–water partition coefficient (Wildman–Crippen LogP) is 3.79. The first-order chi connectivity index (χ1) is 14.9. The van der Waals surface area contributed by atoms with Crippen LogP contribution < -0.4 is 15.5 Å². The number of ether oxygens (including phenoxy) is 1. The number of rotatable bonds is 5. The Morgan fingerprint density at radius 1 is 0.935 bits per heavy atom. The fourth-order valence-corrected chi connectivity index (χ4v) is 2.55. The van der Waals surface area contributed by atoms with Crippen molar-refractivity contribution >= 4 is 41.3 Å². The van der Waals surface area contributed by atoms with Gasteiger partial charge in [-0.05, 0) is 60.2 Å². The summed E-state index contributed by atoms with van der Waals surface area (Å²) in [4.78, 5) is 35.6. The van der Waals surface area contributed by atoms with Gasteiger partial charge in [0.05, 0.1) is 17.5 Å². The van der Waals surface area contributed by atoms with Crippen molar-refractivity contribution in [3.05, 3.63) is 94.8 Å². The first-order valence-corrected chi connectivity index (χ1v) is 9.27. The van der Waals surface area contributed by atoms with Gasteiger partial charge in [-0.1, -0.05) is 29.8 Å². The van der Waals surface area contributed by atoms with Gasteiger partial charge in [-0.2, -0.15) is 5.10 Å². The Morgan fingerprint density at radius 2 is 1.68 bits per heavy atom. The molecule has 0 spiro atoms. The third kappa shape index (κ3) is 6.22. The van der Waals surface area contributed by atoms with E-state index in [1.807, 2.05) is 5.43 Å². The van der Waals surface area contributed by atoms with Crippen LogP contribution in [-0.2, 0) is 9.59 Å². The van der Waals surface area contributed by atoms with Crippen molar-refractivity contribution in [2.75, 3.05) is 5.32 Å². The molecule has 156 valence electrons. The number of para-hydroxylation sites is 1. The van der Waals surface area contributed by atoms with E-state index in [4.69, 9.17) is 16.3 Å². The van der Waals surface area contributed by atoms with E-state index in [0.29, 0.717) is 21.9 Å². The van der Waals surface area contributed by atoms with Crippen molar-refractivity contribution in [2.45, 2.75) is 0 Å². The van der Waals surface area contributed by atoms with Crippen LogP contribution in [0.2, 0.25) is 5.02 Å². The van der Waals surface area contributed by atoms with Crippen molar-refractivity contribution < 1.29 is 23.5 Å². The van der Waals surface area contributed by atoms with Crippen LogP contribution >= 0.6 is 11.6 Å². The average Bonchev–Trinajstić information content (AvgIpc) is 2.76. The quantitative estimate of drug-likeness (QED) is 0.208. The molecular weight excluding hydrogens is 425 g/mol. The Balaban J connectivity index is 1.52. The molecule has 0 heterocycles. The third-order valence-electron chi connectivity index (χ3n) is 3.86. The highest BCUT2D eigenvalue weighted by Crippen LogP contribution is 2.16. The fourth-order valence-electron chi connectivity index (χ4n) is 2.36. The van der Waals surface area contributed by atoms with Crippen molar-refractivity contribution in [3.8, 4) is 5.75 Å². The second kappa shape index (κ2) is 10.1. The monoisotopic (exact) mass is 439 g/mol. The summed E-state index contributed by atoms with van der Waals surface area (Å²) in [5.74, 6) is -3.05. The molecule has 0 aliphatic carbocycles. The van der Waals surface area contributed by atoms with Crippen LogP contribution in [0.15, 0.2) is 77.9 Å². The molecule has 0 unspecified atom stereocenters. The number of nitrogens with one attached hydrogen (secondary N) is 2. The molecule has 9 heteroatoms. The molecule has 2 amide bonds. The molecular formula is C22H15ClFN3O4. The number of halogens is 2. The van der Waals surface area contributed by atoms with Gasteiger partial charge in [0.1, 0.15) is 11.6 Å². The van der Waals surface area contributed by atoms with E-state index in [1.54, 1.807) is 30.3 Å². The minimum absolute atomic E-state index is 0.116. The van der Waals surface area contributed by atoms with Crippen LogP contribution in [0.1, 0.15) is 15.9 Å². The van der Waals surface area contributed by atoms with E-state index in [1.165, 1.54) is 42.6 Å². The van der Waals surface area contributed by atoms with E-state index in [0.717, 1.165) is 6.07 Å². The zero-order valence-electron chi connectivity index (χ0n) is 15.8. The van der Waals surface area contributed by atoms with Gasteiger partial charge >= 0.3 is 17.8 Å². The molecule has 0 aliphatic rings. The Labute approximate surface area is 181 Å². The van der Waals surface area contributed by atoms with Crippen molar-refractivity contribution in [3.63, 3.8) is 0 Å². The number of carbonyl (C=O) groups excluding carboxylic acids is 3. The number of amides is 2. The van der Waals surface area contributed by atoms with Gasteiger partial charge in [-0.15, -0.1) is 0 Å². The van der Waals surface area contributed by atoms with Gasteiger partial charge in [0.25, 0.3) is 0 Å². The molecule has 0 aliphatic heterocycles. The third-order valence-corrected chi connectivity index (χ3v) is 4.09. The van der Waals surface area contributed by atoms with Crippen LogP contribution in [0.5, 0.6) is 5.75 Å². The molecule has 2 N–H and O–H groups in total. The summed E-state index contributed by atoms with van der Waals surface area (Å²) in [7, 11) is 0. The largest absolute Gasteiger partial charge is 0.423 e. The Morgan fingerprint density at radius 3 is 2.39 bits per heavy atom. The number of nitrogens with zero attached hydrogens (tertiary/aromatic N) is 1. The van der Waals surface area contributed by atoms with E-state index < -0.39 is 23.6 Å². The van der Waals surface area contributed by atoms with E-state index in [2.05, 4.69) is 10.4 Å². The number of carbonyl (C=O) groups is 3. The summed E-state index contributed by atoms with van der Waals surface area (Å²) in [6, 6.07) is 18.1. The Bertz CT molecular complexity index is 1150. The Hall–Kier alpha value is -4.04. The van der Waals surface area contributed by atoms with E-state index in [-0.39, 0.29) is 5.69 Å². The lowest BCUT2D eigenvalue weighted by Crippen LogP contribution is -2.32. The molecule has 0 bridgehead atoms. The Kier molecular flexibility index (Phi) is 7.08. The highest BCUT2D eigenvalue weighted by atomic mass is 35.5. The molecule has 0 saturated carbocycles. The molecule has 0 atom stereocenters. The van der Waals surface area contributed by atoms with Crippen LogP contribution in [-0.4, -0.2) is 24.0 Å². The molecule has 0 aromatic heterocycles. The SMILES string of the molecule is O=C(N/N=C/c1ccc(OC(=O)c2cccc(Cl)c2)cc1)C(=O)Nc1ccccc1F. The van der Waals surface area contributed by atoms with Gasteiger partial charge in [0.15, 0.2) is 0 Å². The number of hydrogen-bond acceptors (Lipinski definition) is 5. The average molecular weight is 440 g/mol. The molecule has 3 aromatic carbocycles. The number of esters is 1. The minimum atomic E-state index is -1.06. The minimum Gasteiger partial charge on any atom is -0.423 e. The van der Waals surface area contributed by atoms with Gasteiger partial charge in [0, 0.05) is 5.02 Å². The number of anilines is 1. The maximum atomic E-state index is 13.5. The lowest BCUT2D eigenvalue weighted by Gasteiger charge is -2.05. The highest BCUT2D eigenvalue weighted by Gasteiger charge is 2.14.